The minimum absolute atomic E-state index is 0. The zero-order chi connectivity index (χ0) is 18.1. The molecule has 0 amide bonds. The third-order valence-corrected chi connectivity index (χ3v) is 5.98. The normalized spacial score (nSPS) is 11.3. The van der Waals surface area contributed by atoms with E-state index in [9.17, 15) is 17.8 Å². The van der Waals surface area contributed by atoms with Crippen molar-refractivity contribution >= 4 is 27.0 Å². The molecule has 144 valence electrons. The third-order valence-electron chi connectivity index (χ3n) is 4.08. The minimum atomic E-state index is -4.19. The standard InChI is InChI=1S/C18H36O4S2.Na/c1-2-3-4-5-6-7-8-9-10-11-12-13-14-15-18(19)23-16-17-24(20,21)22;/h2-17H2,1H3,(H,20,21,22);/q;+1/p-1. The van der Waals surface area contributed by atoms with E-state index in [-0.39, 0.29) is 40.4 Å². The Bertz CT molecular complexity index is 400. The van der Waals surface area contributed by atoms with Gasteiger partial charge in [-0.3, -0.25) is 4.79 Å². The van der Waals surface area contributed by atoms with Crippen LogP contribution in [0, 0.1) is 0 Å². The monoisotopic (exact) mass is 402 g/mol. The Morgan fingerprint density at radius 1 is 0.800 bits per heavy atom. The Morgan fingerprint density at radius 3 is 1.60 bits per heavy atom. The van der Waals surface area contributed by atoms with Crippen molar-refractivity contribution in [1.82, 2.24) is 0 Å². The van der Waals surface area contributed by atoms with E-state index in [1.165, 1.54) is 70.6 Å². The molecule has 25 heavy (non-hydrogen) atoms. The second kappa shape index (κ2) is 19.7. The second-order valence-corrected chi connectivity index (χ2v) is 9.15. The van der Waals surface area contributed by atoms with E-state index in [4.69, 9.17) is 0 Å². The quantitative estimate of drug-likeness (QED) is 0.212. The van der Waals surface area contributed by atoms with Gasteiger partial charge in [-0.2, -0.15) is 0 Å². The minimum Gasteiger partial charge on any atom is -0.748 e. The molecule has 0 aliphatic rings. The van der Waals surface area contributed by atoms with Crippen LogP contribution < -0.4 is 29.6 Å². The molecule has 0 saturated heterocycles. The predicted octanol–water partition coefficient (Wildman–Crippen LogP) is 2.28. The number of carbonyl (C=O) groups excluding carboxylic acids is 1. The molecule has 0 heterocycles. The van der Waals surface area contributed by atoms with Gasteiger partial charge < -0.3 is 4.55 Å². The summed E-state index contributed by atoms with van der Waals surface area (Å²) >= 11 is 0.969. The van der Waals surface area contributed by atoms with E-state index >= 15 is 0 Å². The number of rotatable bonds is 17. The van der Waals surface area contributed by atoms with Gasteiger partial charge in [-0.15, -0.1) is 0 Å². The van der Waals surface area contributed by atoms with Crippen LogP contribution in [0.2, 0.25) is 0 Å². The average Bonchev–Trinajstić information content (AvgIpc) is 2.50. The first-order chi connectivity index (χ1) is 11.5. The predicted molar refractivity (Wildman–Crippen MR) is 102 cm³/mol. The molecule has 0 aromatic rings. The molecule has 7 heteroatoms. The Hall–Kier alpha value is 0.930. The van der Waals surface area contributed by atoms with Crippen molar-refractivity contribution in [2.45, 2.75) is 96.8 Å². The summed E-state index contributed by atoms with van der Waals surface area (Å²) < 4.78 is 31.3. The third kappa shape index (κ3) is 24.9. The molecule has 0 fully saturated rings. The number of hydrogen-bond donors (Lipinski definition) is 0. The van der Waals surface area contributed by atoms with E-state index < -0.39 is 15.9 Å². The fourth-order valence-corrected chi connectivity index (χ4v) is 4.28. The molecule has 0 unspecified atom stereocenters. The first-order valence-electron chi connectivity index (χ1n) is 9.55. The van der Waals surface area contributed by atoms with Crippen LogP contribution in [0.25, 0.3) is 0 Å². The number of hydrogen-bond acceptors (Lipinski definition) is 5. The van der Waals surface area contributed by atoms with Crippen LogP contribution in [0.1, 0.15) is 96.8 Å². The Morgan fingerprint density at radius 2 is 1.20 bits per heavy atom. The number of carbonyl (C=O) groups is 1. The largest absolute Gasteiger partial charge is 1.00 e. The molecule has 0 rings (SSSR count). The van der Waals surface area contributed by atoms with Crippen molar-refractivity contribution in [3.63, 3.8) is 0 Å². The molecule has 0 aliphatic heterocycles. The van der Waals surface area contributed by atoms with Crippen LogP contribution in [-0.2, 0) is 14.9 Å². The molecule has 0 spiro atoms. The fourth-order valence-electron chi connectivity index (χ4n) is 2.62. The number of unbranched alkanes of at least 4 members (excludes halogenated alkanes) is 12. The molecule has 0 N–H and O–H groups in total. The molecular formula is C18H35NaO4S2. The molecular weight excluding hydrogens is 367 g/mol. The van der Waals surface area contributed by atoms with E-state index in [1.54, 1.807) is 0 Å². The van der Waals surface area contributed by atoms with Crippen LogP contribution >= 0.6 is 11.8 Å². The maximum absolute atomic E-state index is 11.5. The van der Waals surface area contributed by atoms with Gasteiger partial charge in [0.15, 0.2) is 5.12 Å². The smallest absolute Gasteiger partial charge is 0.748 e. The Kier molecular flexibility index (Phi) is 22.2. The van der Waals surface area contributed by atoms with Gasteiger partial charge in [0.2, 0.25) is 0 Å². The van der Waals surface area contributed by atoms with Crippen molar-refractivity contribution < 1.29 is 47.3 Å². The molecule has 0 bridgehead atoms. The van der Waals surface area contributed by atoms with E-state index in [0.29, 0.717) is 6.42 Å². The van der Waals surface area contributed by atoms with Gasteiger partial charge in [0.05, 0.1) is 10.1 Å². The van der Waals surface area contributed by atoms with E-state index in [2.05, 4.69) is 6.92 Å². The SMILES string of the molecule is CCCCCCCCCCCCCCCC(=O)SCCS(=O)(=O)[O-].[Na+]. The van der Waals surface area contributed by atoms with Crippen molar-refractivity contribution in [2.24, 2.45) is 0 Å². The van der Waals surface area contributed by atoms with Crippen LogP contribution in [0.15, 0.2) is 0 Å². The first-order valence-corrected chi connectivity index (χ1v) is 12.1. The summed E-state index contributed by atoms with van der Waals surface area (Å²) in [6.07, 6.45) is 17.0. The maximum Gasteiger partial charge on any atom is 1.00 e. The molecule has 0 atom stereocenters. The Labute approximate surface area is 181 Å². The second-order valence-electron chi connectivity index (χ2n) is 6.47. The molecule has 0 aliphatic carbocycles. The van der Waals surface area contributed by atoms with Gasteiger partial charge in [-0.25, -0.2) is 8.42 Å². The van der Waals surface area contributed by atoms with E-state index in [1.807, 2.05) is 0 Å². The summed E-state index contributed by atoms with van der Waals surface area (Å²) in [5.74, 6) is -0.370. The molecule has 0 radical (unpaired) electrons. The van der Waals surface area contributed by atoms with Gasteiger partial charge in [-0.1, -0.05) is 95.7 Å². The zero-order valence-corrected chi connectivity index (χ0v) is 19.9. The summed E-state index contributed by atoms with van der Waals surface area (Å²) in [4.78, 5) is 11.5. The van der Waals surface area contributed by atoms with Gasteiger partial charge in [-0.05, 0) is 6.42 Å². The molecule has 0 aromatic heterocycles. The Balaban J connectivity index is 0. The first kappa shape index (κ1) is 28.1. The van der Waals surface area contributed by atoms with E-state index in [0.717, 1.165) is 24.6 Å². The molecule has 0 aromatic carbocycles. The van der Waals surface area contributed by atoms with Crippen LogP contribution in [0.4, 0.5) is 0 Å². The maximum atomic E-state index is 11.5. The summed E-state index contributed by atoms with van der Waals surface area (Å²) in [7, 11) is -4.19. The van der Waals surface area contributed by atoms with Crippen molar-refractivity contribution in [2.75, 3.05) is 11.5 Å². The fraction of sp³-hybridized carbons (Fsp3) is 0.944. The molecule has 4 nitrogen and oxygen atoms in total. The summed E-state index contributed by atoms with van der Waals surface area (Å²) in [6, 6.07) is 0. The van der Waals surface area contributed by atoms with Gasteiger partial charge in [0.1, 0.15) is 0 Å². The van der Waals surface area contributed by atoms with Crippen molar-refractivity contribution in [3.8, 4) is 0 Å². The topological polar surface area (TPSA) is 74.3 Å². The summed E-state index contributed by atoms with van der Waals surface area (Å²) in [5.41, 5.74) is 0. The van der Waals surface area contributed by atoms with Gasteiger partial charge >= 0.3 is 29.6 Å². The van der Waals surface area contributed by atoms with Crippen LogP contribution in [0.5, 0.6) is 0 Å². The van der Waals surface area contributed by atoms with Crippen molar-refractivity contribution in [1.29, 1.82) is 0 Å². The number of thioether (sulfide) groups is 1. The summed E-state index contributed by atoms with van der Waals surface area (Å²) in [5, 5.41) is 0.00160. The summed E-state index contributed by atoms with van der Waals surface area (Å²) in [6.45, 7) is 2.25. The van der Waals surface area contributed by atoms with Crippen LogP contribution in [0.3, 0.4) is 0 Å². The van der Waals surface area contributed by atoms with Crippen molar-refractivity contribution in [3.05, 3.63) is 0 Å². The van der Waals surface area contributed by atoms with Crippen LogP contribution in [-0.4, -0.2) is 29.6 Å². The van der Waals surface area contributed by atoms with Gasteiger partial charge in [0.25, 0.3) is 0 Å². The van der Waals surface area contributed by atoms with Gasteiger partial charge in [0, 0.05) is 17.9 Å². The molecule has 0 saturated carbocycles. The zero-order valence-electron chi connectivity index (χ0n) is 16.3. The average molecular weight is 403 g/mol.